The zero-order valence-electron chi connectivity index (χ0n) is 17.8. The molecule has 1 aliphatic heterocycles. The van der Waals surface area contributed by atoms with Crippen LogP contribution in [0.25, 0.3) is 0 Å². The van der Waals surface area contributed by atoms with Gasteiger partial charge in [-0.2, -0.15) is 0 Å². The van der Waals surface area contributed by atoms with Crippen molar-refractivity contribution >= 4 is 29.3 Å². The number of hydrogen-bond acceptors (Lipinski definition) is 4. The van der Waals surface area contributed by atoms with Gasteiger partial charge in [0.2, 0.25) is 11.8 Å². The largest absolute Gasteiger partial charge is 0.353 e. The first-order valence-electron chi connectivity index (χ1n) is 10.6. The van der Waals surface area contributed by atoms with Gasteiger partial charge in [-0.15, -0.1) is 11.8 Å². The Hall–Kier alpha value is -2.31. The van der Waals surface area contributed by atoms with Crippen molar-refractivity contribution in [3.8, 4) is 0 Å². The molecule has 0 spiro atoms. The van der Waals surface area contributed by atoms with Crippen molar-refractivity contribution in [2.45, 2.75) is 38.0 Å². The van der Waals surface area contributed by atoms with Crippen LogP contribution in [0, 0.1) is 6.92 Å². The Kier molecular flexibility index (Phi) is 8.34. The number of anilines is 1. The van der Waals surface area contributed by atoms with E-state index < -0.39 is 0 Å². The van der Waals surface area contributed by atoms with Crippen molar-refractivity contribution in [2.24, 2.45) is 0 Å². The average molecular weight is 426 g/mol. The van der Waals surface area contributed by atoms with Gasteiger partial charge in [0.15, 0.2) is 0 Å². The Balaban J connectivity index is 1.46. The minimum atomic E-state index is -0.288. The third kappa shape index (κ3) is 6.61. The molecule has 1 fully saturated rings. The van der Waals surface area contributed by atoms with E-state index in [4.69, 9.17) is 0 Å². The lowest BCUT2D eigenvalue weighted by Gasteiger charge is -2.28. The molecule has 0 radical (unpaired) electrons. The molecule has 3 rings (SSSR count). The number of carbonyl (C=O) groups excluding carboxylic acids is 2. The van der Waals surface area contributed by atoms with E-state index in [0.29, 0.717) is 6.54 Å². The maximum absolute atomic E-state index is 12.6. The van der Waals surface area contributed by atoms with Gasteiger partial charge >= 0.3 is 0 Å². The molecule has 0 aromatic heterocycles. The number of hydrogen-bond donors (Lipinski definition) is 2. The second-order valence-corrected chi connectivity index (χ2v) is 9.11. The van der Waals surface area contributed by atoms with Gasteiger partial charge in [0.25, 0.3) is 0 Å². The van der Waals surface area contributed by atoms with Crippen LogP contribution >= 0.6 is 11.8 Å². The van der Waals surface area contributed by atoms with E-state index in [9.17, 15) is 9.59 Å². The minimum Gasteiger partial charge on any atom is -0.353 e. The van der Waals surface area contributed by atoms with Crippen LogP contribution in [0.2, 0.25) is 0 Å². The zero-order chi connectivity index (χ0) is 21.3. The molecule has 2 aromatic carbocycles. The average Bonchev–Trinajstić information content (AvgIpc) is 3.29. The van der Waals surface area contributed by atoms with E-state index >= 15 is 0 Å². The molecule has 5 nitrogen and oxygen atoms in total. The van der Waals surface area contributed by atoms with Crippen molar-refractivity contribution in [3.63, 3.8) is 0 Å². The number of aryl methyl sites for hydroxylation is 1. The van der Waals surface area contributed by atoms with E-state index in [0.717, 1.165) is 24.3 Å². The van der Waals surface area contributed by atoms with E-state index in [1.807, 2.05) is 56.3 Å². The molecular weight excluding hydrogens is 394 g/mol. The van der Waals surface area contributed by atoms with Gasteiger partial charge in [0.05, 0.1) is 17.0 Å². The lowest BCUT2D eigenvalue weighted by atomic mass is 10.1. The summed E-state index contributed by atoms with van der Waals surface area (Å²) in [6, 6.07) is 18.3. The molecule has 0 saturated carbocycles. The summed E-state index contributed by atoms with van der Waals surface area (Å²) in [6.45, 7) is 6.58. The van der Waals surface area contributed by atoms with E-state index in [1.165, 1.54) is 30.2 Å². The van der Waals surface area contributed by atoms with Crippen LogP contribution in [-0.2, 0) is 9.59 Å². The molecule has 0 bridgehead atoms. The van der Waals surface area contributed by atoms with Crippen molar-refractivity contribution in [3.05, 3.63) is 65.7 Å². The highest BCUT2D eigenvalue weighted by atomic mass is 32.2. The molecule has 2 amide bonds. The summed E-state index contributed by atoms with van der Waals surface area (Å²) < 4.78 is 0. The highest BCUT2D eigenvalue weighted by Gasteiger charge is 2.25. The predicted octanol–water partition coefficient (Wildman–Crippen LogP) is 4.01. The van der Waals surface area contributed by atoms with Gasteiger partial charge in [-0.1, -0.05) is 48.0 Å². The van der Waals surface area contributed by atoms with Crippen LogP contribution < -0.4 is 10.6 Å². The van der Waals surface area contributed by atoms with E-state index in [2.05, 4.69) is 27.7 Å². The monoisotopic (exact) mass is 425 g/mol. The van der Waals surface area contributed by atoms with Crippen molar-refractivity contribution < 1.29 is 9.59 Å². The lowest BCUT2D eigenvalue weighted by Crippen LogP contribution is -2.39. The molecule has 1 saturated heterocycles. The smallest absolute Gasteiger partial charge is 0.234 e. The normalized spacial score (nSPS) is 16.1. The fourth-order valence-corrected chi connectivity index (χ4v) is 4.35. The minimum absolute atomic E-state index is 0.0248. The third-order valence-corrected chi connectivity index (χ3v) is 6.55. The number of thioether (sulfide) groups is 1. The Labute approximate surface area is 183 Å². The number of amides is 2. The standard InChI is InChI=1S/C24H31N3O2S/c1-18-10-12-21(13-11-18)26-23(28)17-30-19(2)24(29)25-16-22(27-14-6-7-15-27)20-8-4-3-5-9-20/h3-5,8-13,19,22H,6-7,14-17H2,1-2H3,(H,25,29)(H,26,28). The lowest BCUT2D eigenvalue weighted by molar-refractivity contribution is -0.120. The summed E-state index contributed by atoms with van der Waals surface area (Å²) in [5, 5.41) is 5.69. The molecule has 30 heavy (non-hydrogen) atoms. The molecule has 1 aliphatic rings. The maximum Gasteiger partial charge on any atom is 0.234 e. The van der Waals surface area contributed by atoms with Crippen LogP contribution in [0.15, 0.2) is 54.6 Å². The first-order chi connectivity index (χ1) is 14.5. The molecule has 2 N–H and O–H groups in total. The van der Waals surface area contributed by atoms with E-state index in [1.54, 1.807) is 0 Å². The van der Waals surface area contributed by atoms with Crippen molar-refractivity contribution in [1.82, 2.24) is 10.2 Å². The molecule has 2 unspecified atom stereocenters. The Morgan fingerprint density at radius 3 is 2.37 bits per heavy atom. The highest BCUT2D eigenvalue weighted by Crippen LogP contribution is 2.24. The number of nitrogens with zero attached hydrogens (tertiary/aromatic N) is 1. The van der Waals surface area contributed by atoms with Crippen LogP contribution in [0.4, 0.5) is 5.69 Å². The first kappa shape index (κ1) is 22.4. The van der Waals surface area contributed by atoms with Crippen molar-refractivity contribution in [2.75, 3.05) is 30.7 Å². The number of nitrogens with one attached hydrogen (secondary N) is 2. The summed E-state index contributed by atoms with van der Waals surface area (Å²) in [5.41, 5.74) is 3.16. The summed E-state index contributed by atoms with van der Waals surface area (Å²) in [6.07, 6.45) is 2.42. The van der Waals surface area contributed by atoms with Gasteiger partial charge in [-0.05, 0) is 57.5 Å². The van der Waals surface area contributed by atoms with Gasteiger partial charge in [0.1, 0.15) is 0 Å². The topological polar surface area (TPSA) is 61.4 Å². The number of rotatable bonds is 9. The van der Waals surface area contributed by atoms with Crippen molar-refractivity contribution in [1.29, 1.82) is 0 Å². The van der Waals surface area contributed by atoms with Gasteiger partial charge in [0, 0.05) is 12.2 Å². The molecule has 2 aromatic rings. The summed E-state index contributed by atoms with van der Waals surface area (Å²) in [7, 11) is 0. The second kappa shape index (κ2) is 11.2. The number of carbonyl (C=O) groups is 2. The van der Waals surface area contributed by atoms with Crippen LogP contribution in [0.5, 0.6) is 0 Å². The Bertz CT molecular complexity index is 820. The van der Waals surface area contributed by atoms with Crippen LogP contribution in [-0.4, -0.2) is 47.4 Å². The summed E-state index contributed by atoms with van der Waals surface area (Å²) in [5.74, 6) is 0.127. The molecule has 6 heteroatoms. The molecule has 2 atom stereocenters. The summed E-state index contributed by atoms with van der Waals surface area (Å²) in [4.78, 5) is 27.2. The SMILES string of the molecule is Cc1ccc(NC(=O)CSC(C)C(=O)NCC(c2ccccc2)N2CCCC2)cc1. The highest BCUT2D eigenvalue weighted by molar-refractivity contribution is 8.01. The summed E-state index contributed by atoms with van der Waals surface area (Å²) >= 11 is 1.36. The fourth-order valence-electron chi connectivity index (χ4n) is 3.64. The molecule has 0 aliphatic carbocycles. The Morgan fingerprint density at radius 1 is 1.03 bits per heavy atom. The maximum atomic E-state index is 12.6. The number of likely N-dealkylation sites (tertiary alicyclic amines) is 1. The zero-order valence-corrected chi connectivity index (χ0v) is 18.6. The van der Waals surface area contributed by atoms with Crippen LogP contribution in [0.3, 0.4) is 0 Å². The fraction of sp³-hybridized carbons (Fsp3) is 0.417. The van der Waals surface area contributed by atoms with Gasteiger partial charge < -0.3 is 10.6 Å². The van der Waals surface area contributed by atoms with E-state index in [-0.39, 0.29) is 28.9 Å². The molecular formula is C24H31N3O2S. The Morgan fingerprint density at radius 2 is 1.70 bits per heavy atom. The molecule has 160 valence electrons. The second-order valence-electron chi connectivity index (χ2n) is 7.78. The van der Waals surface area contributed by atoms with Gasteiger partial charge in [-0.25, -0.2) is 0 Å². The van der Waals surface area contributed by atoms with Crippen LogP contribution in [0.1, 0.15) is 36.9 Å². The number of benzene rings is 2. The third-order valence-electron chi connectivity index (χ3n) is 5.40. The predicted molar refractivity (Wildman–Crippen MR) is 125 cm³/mol. The molecule has 1 heterocycles. The first-order valence-corrected chi connectivity index (χ1v) is 11.6. The van der Waals surface area contributed by atoms with Gasteiger partial charge in [-0.3, -0.25) is 14.5 Å². The quantitative estimate of drug-likeness (QED) is 0.637.